The van der Waals surface area contributed by atoms with E-state index < -0.39 is 209 Å². The standard InChI is InChI=1S/C73H121N17O16/c1-18-41(14)56(68(101)89-59-44(17)106-72(105)55(40(12)13)85-60(93)46(20-3)78-62(95)48(35-45-27-22-21-23-28-45)80-64(97)52(37(6)7)82-67(100)57(42(15)19-2)87-70(59)103)86-61(94)47(29-24-32-74)79-63(96)49-30-26-34-90(49)71(104)54(39(10)11)84-66(99)53(38(8)9)83-69(102)58(43(16)91)88-65(98)51(36(4)5)81-50(92)31-25-33-77-73(75)76/h20-23,27-28,36-44,47-49,51-59,91H,18-19,24-26,29-35,74H2,1-17H3,(H,78,95)(H,79,96)(H,80,97)(H,81,92)(H,82,100)(H,83,102)(H,84,99)(H,85,93)(H,86,94)(H,87,103)(H,88,98)(H,89,101)(H4,75,76,77)/b46-20-/t41-,42-,43+,44+,47-,48-,49+,51+,52+,53-,54+,55-,56+,57+,58-,59+/m0/s1. The van der Waals surface area contributed by atoms with Crippen LogP contribution < -0.4 is 81.0 Å². The summed E-state index contributed by atoms with van der Waals surface area (Å²) in [6.07, 6.45) is -0.437. The molecule has 0 bridgehead atoms. The summed E-state index contributed by atoms with van der Waals surface area (Å²) in [7, 11) is 0. The predicted molar refractivity (Wildman–Crippen MR) is 397 cm³/mol. The number of amides is 13. The van der Waals surface area contributed by atoms with Crippen molar-refractivity contribution in [1.82, 2.24) is 68.7 Å². The Kier molecular flexibility index (Phi) is 37.7. The van der Waals surface area contributed by atoms with Crippen LogP contribution in [0.1, 0.15) is 175 Å². The van der Waals surface area contributed by atoms with Crippen molar-refractivity contribution in [3.8, 4) is 0 Å². The molecular formula is C73H121N17O16. The zero-order valence-corrected chi connectivity index (χ0v) is 64.8. The Labute approximate surface area is 623 Å². The van der Waals surface area contributed by atoms with Gasteiger partial charge in [-0.05, 0) is 106 Å². The fourth-order valence-electron chi connectivity index (χ4n) is 11.9. The first-order valence-electron chi connectivity index (χ1n) is 37.0. The van der Waals surface area contributed by atoms with Crippen LogP contribution in [0.5, 0.6) is 0 Å². The summed E-state index contributed by atoms with van der Waals surface area (Å²) in [6, 6.07) is -7.92. The molecule has 13 amide bonds. The minimum atomic E-state index is -1.83. The van der Waals surface area contributed by atoms with Gasteiger partial charge in [-0.2, -0.15) is 0 Å². The molecule has 2 heterocycles. The summed E-state index contributed by atoms with van der Waals surface area (Å²) in [6.45, 7) is 27.6. The van der Waals surface area contributed by atoms with Gasteiger partial charge in [0.05, 0.1) is 6.10 Å². The van der Waals surface area contributed by atoms with E-state index in [1.807, 2.05) is 0 Å². The molecule has 2 aliphatic heterocycles. The number of rotatable bonds is 33. The predicted octanol–water partition coefficient (Wildman–Crippen LogP) is -0.936. The lowest BCUT2D eigenvalue weighted by Crippen LogP contribution is -2.64. The van der Waals surface area contributed by atoms with E-state index in [4.69, 9.17) is 21.9 Å². The summed E-state index contributed by atoms with van der Waals surface area (Å²) < 4.78 is 5.96. The molecule has 16 atom stereocenters. The van der Waals surface area contributed by atoms with Crippen molar-refractivity contribution in [2.75, 3.05) is 19.6 Å². The fourth-order valence-corrected chi connectivity index (χ4v) is 11.9. The summed E-state index contributed by atoms with van der Waals surface area (Å²) in [4.78, 5) is 206. The van der Waals surface area contributed by atoms with Crippen molar-refractivity contribution in [2.24, 2.45) is 63.6 Å². The van der Waals surface area contributed by atoms with Crippen molar-refractivity contribution < 1.29 is 77.0 Å². The van der Waals surface area contributed by atoms with E-state index in [-0.39, 0.29) is 76.2 Å². The molecule has 19 N–H and O–H groups in total. The number of aliphatic imine (C=N–C) groups is 1. The van der Waals surface area contributed by atoms with Crippen molar-refractivity contribution in [3.63, 3.8) is 0 Å². The second-order valence-corrected chi connectivity index (χ2v) is 29.3. The highest BCUT2D eigenvalue weighted by Gasteiger charge is 2.44. The first-order chi connectivity index (χ1) is 49.7. The number of nitrogens with one attached hydrogen (secondary N) is 12. The molecule has 33 nitrogen and oxygen atoms in total. The van der Waals surface area contributed by atoms with Gasteiger partial charge in [0, 0.05) is 25.9 Å². The highest BCUT2D eigenvalue weighted by Crippen LogP contribution is 2.23. The van der Waals surface area contributed by atoms with Crippen LogP contribution in [0.15, 0.2) is 47.1 Å². The molecule has 1 aromatic carbocycles. The van der Waals surface area contributed by atoms with Crippen molar-refractivity contribution in [2.45, 2.75) is 260 Å². The van der Waals surface area contributed by atoms with Crippen LogP contribution in [0.4, 0.5) is 0 Å². The largest absolute Gasteiger partial charge is 0.458 e. The van der Waals surface area contributed by atoms with Gasteiger partial charge in [-0.25, -0.2) is 4.79 Å². The molecule has 0 unspecified atom stereocenters. The SMILES string of the molecule is C/C=C1\NC(=O)[C@H](Cc2ccccc2)NC(=O)[C@@H](C(C)C)NC(=O)[C@@H]([C@@H](C)CC)NC(=O)[C@H](NC(=O)[C@H](NC(=O)[C@H](CCCN)NC(=O)[C@H]2CCCN2C(=O)[C@H](NC(=O)[C@@H](NC(=O)[C@@H](NC(=O)[C@H](NC(=O)CCCN=C(N)N)C(C)C)[C@@H](C)O)C(C)C)C(C)C)[C@@H](C)CC)[C@@H](C)OC(=O)[C@H](C(C)C)NC1=O. The molecular weight excluding hydrogens is 1370 g/mol. The van der Waals surface area contributed by atoms with Gasteiger partial charge in [0.25, 0.3) is 5.91 Å². The van der Waals surface area contributed by atoms with E-state index in [1.54, 1.807) is 127 Å². The smallest absolute Gasteiger partial charge is 0.329 e. The van der Waals surface area contributed by atoms with Crippen LogP contribution in [-0.4, -0.2) is 203 Å². The van der Waals surface area contributed by atoms with E-state index in [0.29, 0.717) is 18.4 Å². The van der Waals surface area contributed by atoms with Crippen molar-refractivity contribution in [1.29, 1.82) is 0 Å². The third-order valence-corrected chi connectivity index (χ3v) is 18.9. The van der Waals surface area contributed by atoms with Crippen LogP contribution in [0.25, 0.3) is 0 Å². The summed E-state index contributed by atoms with van der Waals surface area (Å²) in [5.74, 6) is -16.1. The van der Waals surface area contributed by atoms with E-state index in [9.17, 15) is 62.6 Å². The molecule has 0 saturated carbocycles. The van der Waals surface area contributed by atoms with Gasteiger partial charge in [-0.15, -0.1) is 0 Å². The Balaban J connectivity index is 1.99. The molecule has 3 rings (SSSR count). The van der Waals surface area contributed by atoms with Crippen LogP contribution in [-0.2, 0) is 78.3 Å². The maximum Gasteiger partial charge on any atom is 0.329 e. The van der Waals surface area contributed by atoms with Crippen molar-refractivity contribution in [3.05, 3.63) is 47.7 Å². The van der Waals surface area contributed by atoms with E-state index >= 15 is 9.59 Å². The molecule has 0 radical (unpaired) electrons. The third-order valence-electron chi connectivity index (χ3n) is 18.9. The Hall–Kier alpha value is -9.27. The number of aliphatic hydroxyl groups excluding tert-OH is 1. The van der Waals surface area contributed by atoms with Gasteiger partial charge >= 0.3 is 5.97 Å². The molecule has 1 aromatic rings. The number of cyclic esters (lactones) is 1. The number of esters is 1. The lowest BCUT2D eigenvalue weighted by Gasteiger charge is -2.33. The topological polar surface area (TPSA) is 506 Å². The number of carbonyl (C=O) groups excluding carboxylic acids is 14. The zero-order valence-electron chi connectivity index (χ0n) is 64.8. The van der Waals surface area contributed by atoms with Crippen LogP contribution >= 0.6 is 0 Å². The number of allylic oxidation sites excluding steroid dienone is 1. The fraction of sp³-hybridized carbons (Fsp3) is 0.685. The Morgan fingerprint density at radius 2 is 1.19 bits per heavy atom. The number of benzene rings is 1. The van der Waals surface area contributed by atoms with Gasteiger partial charge in [-0.1, -0.05) is 146 Å². The summed E-state index contributed by atoms with van der Waals surface area (Å²) in [5, 5.41) is 42.9. The summed E-state index contributed by atoms with van der Waals surface area (Å²) in [5.41, 5.74) is 17.1. The van der Waals surface area contributed by atoms with Gasteiger partial charge in [0.1, 0.15) is 84.3 Å². The second-order valence-electron chi connectivity index (χ2n) is 29.3. The molecule has 2 saturated heterocycles. The number of hydrogen-bond acceptors (Lipinski definition) is 18. The minimum absolute atomic E-state index is 0.0215. The van der Waals surface area contributed by atoms with E-state index in [0.717, 1.165) is 0 Å². The molecule has 0 spiro atoms. The lowest BCUT2D eigenvalue weighted by molar-refractivity contribution is -0.157. The average Bonchev–Trinajstić information content (AvgIpc) is 1.44. The van der Waals surface area contributed by atoms with Crippen LogP contribution in [0.3, 0.4) is 0 Å². The normalized spacial score (nSPS) is 22.3. The maximum absolute atomic E-state index is 15.0. The highest BCUT2D eigenvalue weighted by atomic mass is 16.5. The maximum atomic E-state index is 15.0. The van der Waals surface area contributed by atoms with E-state index in [1.165, 1.54) is 31.7 Å². The van der Waals surface area contributed by atoms with Gasteiger partial charge in [0.15, 0.2) is 5.96 Å². The Morgan fingerprint density at radius 3 is 1.73 bits per heavy atom. The Morgan fingerprint density at radius 1 is 0.642 bits per heavy atom. The number of hydrogen-bond donors (Lipinski definition) is 16. The highest BCUT2D eigenvalue weighted by molar-refractivity contribution is 6.03. The molecule has 0 aromatic heterocycles. The monoisotopic (exact) mass is 1490 g/mol. The van der Waals surface area contributed by atoms with Crippen molar-refractivity contribution >= 4 is 88.7 Å². The number of likely N-dealkylation sites (tertiary alicyclic amines) is 1. The van der Waals surface area contributed by atoms with Gasteiger partial charge in [-0.3, -0.25) is 67.3 Å². The van der Waals surface area contributed by atoms with E-state index in [2.05, 4.69) is 68.8 Å². The number of guanidine groups is 1. The van der Waals surface area contributed by atoms with Gasteiger partial charge < -0.3 is 95.7 Å². The number of ether oxygens (including phenoxy) is 1. The number of nitrogens with zero attached hydrogens (tertiary/aromatic N) is 2. The Bertz CT molecular complexity index is 3250. The molecule has 0 aliphatic carbocycles. The molecule has 33 heteroatoms. The van der Waals surface area contributed by atoms with Crippen LogP contribution in [0.2, 0.25) is 0 Å². The molecule has 2 aliphatic rings. The zero-order chi connectivity index (χ0) is 80.1. The number of carbonyl (C=O) groups is 14. The second kappa shape index (κ2) is 44.0. The minimum Gasteiger partial charge on any atom is -0.458 e. The van der Waals surface area contributed by atoms with Crippen LogP contribution in [0, 0.1) is 41.4 Å². The molecule has 594 valence electrons. The number of nitrogens with two attached hydrogens (primary N) is 3. The first-order valence-corrected chi connectivity index (χ1v) is 37.0. The first kappa shape index (κ1) is 90.9. The quantitative estimate of drug-likeness (QED) is 0.0133. The van der Waals surface area contributed by atoms with Gasteiger partial charge in [0.2, 0.25) is 70.9 Å². The third kappa shape index (κ3) is 27.6. The number of aliphatic hydroxyl groups is 1. The average molecular weight is 1490 g/mol. The summed E-state index contributed by atoms with van der Waals surface area (Å²) >= 11 is 0. The molecule has 106 heavy (non-hydrogen) atoms. The lowest BCUT2D eigenvalue weighted by atomic mass is 9.95. The molecule has 2 fully saturated rings.